The maximum atomic E-state index is 13.7. The summed E-state index contributed by atoms with van der Waals surface area (Å²) >= 11 is 0. The molecular formula is C26H29NO6. The minimum Gasteiger partial charge on any atom is -0.493 e. The van der Waals surface area contributed by atoms with Crippen LogP contribution in [-0.2, 0) is 6.54 Å². The maximum absolute atomic E-state index is 13.7. The summed E-state index contributed by atoms with van der Waals surface area (Å²) in [7, 11) is 7.92. The molecule has 3 aromatic carbocycles. The lowest BCUT2D eigenvalue weighted by molar-refractivity contribution is 0.327. The molecule has 4 rings (SSSR count). The van der Waals surface area contributed by atoms with Crippen molar-refractivity contribution in [1.82, 2.24) is 4.57 Å². The van der Waals surface area contributed by atoms with Crippen molar-refractivity contribution < 1.29 is 23.7 Å². The predicted octanol–water partition coefficient (Wildman–Crippen LogP) is 5.15. The van der Waals surface area contributed by atoms with Crippen LogP contribution in [0.4, 0.5) is 0 Å². The fourth-order valence-electron chi connectivity index (χ4n) is 4.49. The summed E-state index contributed by atoms with van der Waals surface area (Å²) in [6.07, 6.45) is 3.78. The Kier molecular flexibility index (Phi) is 6.22. The number of pyridine rings is 1. The molecule has 1 aromatic heterocycles. The van der Waals surface area contributed by atoms with Gasteiger partial charge in [0.25, 0.3) is 5.56 Å². The molecule has 0 fully saturated rings. The number of nitrogens with zero attached hydrogens (tertiary/aromatic N) is 1. The monoisotopic (exact) mass is 451 g/mol. The smallest absolute Gasteiger partial charge is 0.259 e. The average molecular weight is 452 g/mol. The van der Waals surface area contributed by atoms with E-state index in [-0.39, 0.29) is 5.56 Å². The zero-order chi connectivity index (χ0) is 23.7. The zero-order valence-electron chi connectivity index (χ0n) is 19.9. The van der Waals surface area contributed by atoms with Crippen molar-refractivity contribution in [3.8, 4) is 28.7 Å². The molecule has 0 aliphatic heterocycles. The van der Waals surface area contributed by atoms with Crippen molar-refractivity contribution in [2.24, 2.45) is 0 Å². The SMILES string of the molecule is CCCCn1ccc2c3cc(OC)c(OC)c(OC)c3c3cc(OC)c(OC)cc3c2c1=O. The van der Waals surface area contributed by atoms with Crippen molar-refractivity contribution in [1.29, 1.82) is 0 Å². The van der Waals surface area contributed by atoms with Gasteiger partial charge in [0, 0.05) is 18.1 Å². The van der Waals surface area contributed by atoms with Crippen molar-refractivity contribution >= 4 is 32.3 Å². The van der Waals surface area contributed by atoms with E-state index in [1.54, 1.807) is 40.1 Å². The van der Waals surface area contributed by atoms with Gasteiger partial charge in [0.15, 0.2) is 23.0 Å². The van der Waals surface area contributed by atoms with E-state index in [1.807, 2.05) is 30.5 Å². The molecule has 0 amide bonds. The summed E-state index contributed by atoms with van der Waals surface area (Å²) in [6, 6.07) is 7.62. The number of unbranched alkanes of at least 4 members (excludes halogenated alkanes) is 1. The Labute approximate surface area is 192 Å². The predicted molar refractivity (Wildman–Crippen MR) is 131 cm³/mol. The molecule has 0 atom stereocenters. The second-order valence-electron chi connectivity index (χ2n) is 7.78. The van der Waals surface area contributed by atoms with Crippen LogP contribution in [0.5, 0.6) is 28.7 Å². The number of hydrogen-bond acceptors (Lipinski definition) is 6. The van der Waals surface area contributed by atoms with Crippen molar-refractivity contribution in [2.75, 3.05) is 35.5 Å². The Balaban J connectivity index is 2.32. The van der Waals surface area contributed by atoms with Crippen LogP contribution in [0.3, 0.4) is 0 Å². The molecule has 1 heterocycles. The van der Waals surface area contributed by atoms with E-state index < -0.39 is 0 Å². The summed E-state index contributed by atoms with van der Waals surface area (Å²) in [5.74, 6) is 2.65. The van der Waals surface area contributed by atoms with Crippen molar-refractivity contribution in [3.05, 3.63) is 40.8 Å². The first-order valence-corrected chi connectivity index (χ1v) is 10.9. The molecule has 4 aromatic rings. The number of ether oxygens (including phenoxy) is 5. The highest BCUT2D eigenvalue weighted by Gasteiger charge is 2.23. The first-order valence-electron chi connectivity index (χ1n) is 10.9. The number of hydrogen-bond donors (Lipinski definition) is 0. The van der Waals surface area contributed by atoms with E-state index in [0.29, 0.717) is 40.7 Å². The van der Waals surface area contributed by atoms with Gasteiger partial charge in [0.05, 0.1) is 40.9 Å². The van der Waals surface area contributed by atoms with Gasteiger partial charge in [0.1, 0.15) is 0 Å². The van der Waals surface area contributed by atoms with Gasteiger partial charge >= 0.3 is 0 Å². The second-order valence-corrected chi connectivity index (χ2v) is 7.78. The quantitative estimate of drug-likeness (QED) is 0.345. The number of aromatic nitrogens is 1. The highest BCUT2D eigenvalue weighted by atomic mass is 16.5. The van der Waals surface area contributed by atoms with Gasteiger partial charge in [-0.1, -0.05) is 13.3 Å². The number of benzene rings is 3. The molecule has 7 heteroatoms. The molecule has 0 unspecified atom stereocenters. The molecule has 33 heavy (non-hydrogen) atoms. The van der Waals surface area contributed by atoms with Gasteiger partial charge in [-0.15, -0.1) is 0 Å². The Morgan fingerprint density at radius 1 is 0.697 bits per heavy atom. The lowest BCUT2D eigenvalue weighted by atomic mass is 9.93. The summed E-state index contributed by atoms with van der Waals surface area (Å²) in [5, 5.41) is 4.63. The van der Waals surface area contributed by atoms with E-state index in [4.69, 9.17) is 23.7 Å². The van der Waals surface area contributed by atoms with E-state index in [0.717, 1.165) is 39.8 Å². The largest absolute Gasteiger partial charge is 0.493 e. The topological polar surface area (TPSA) is 68.2 Å². The van der Waals surface area contributed by atoms with Crippen LogP contribution >= 0.6 is 0 Å². The number of methoxy groups -OCH3 is 5. The fourth-order valence-corrected chi connectivity index (χ4v) is 4.49. The van der Waals surface area contributed by atoms with Crippen LogP contribution in [0.25, 0.3) is 32.3 Å². The molecule has 0 saturated carbocycles. The Morgan fingerprint density at radius 2 is 1.24 bits per heavy atom. The first-order chi connectivity index (χ1) is 16.0. The summed E-state index contributed by atoms with van der Waals surface area (Å²) in [5.41, 5.74) is -0.0474. The molecule has 174 valence electrons. The second kappa shape index (κ2) is 9.10. The van der Waals surface area contributed by atoms with Crippen molar-refractivity contribution in [2.45, 2.75) is 26.3 Å². The minimum absolute atomic E-state index is 0.0474. The zero-order valence-corrected chi connectivity index (χ0v) is 19.9. The maximum Gasteiger partial charge on any atom is 0.259 e. The molecule has 0 N–H and O–H groups in total. The highest BCUT2D eigenvalue weighted by molar-refractivity contribution is 6.27. The highest BCUT2D eigenvalue weighted by Crippen LogP contribution is 2.49. The molecule has 0 aliphatic rings. The third kappa shape index (κ3) is 3.48. The first kappa shape index (κ1) is 22.6. The minimum atomic E-state index is -0.0474. The number of aryl methyl sites for hydroxylation is 1. The average Bonchev–Trinajstić information content (AvgIpc) is 2.85. The lowest BCUT2D eigenvalue weighted by Crippen LogP contribution is -2.20. The molecule has 0 aliphatic carbocycles. The normalized spacial score (nSPS) is 11.2. The molecule has 0 spiro atoms. The van der Waals surface area contributed by atoms with Gasteiger partial charge in [-0.3, -0.25) is 4.79 Å². The van der Waals surface area contributed by atoms with E-state index in [9.17, 15) is 4.79 Å². The third-order valence-electron chi connectivity index (χ3n) is 6.10. The lowest BCUT2D eigenvalue weighted by Gasteiger charge is -2.19. The summed E-state index contributed by atoms with van der Waals surface area (Å²) in [4.78, 5) is 13.7. The Bertz CT molecular complexity index is 1410. The van der Waals surface area contributed by atoms with Crippen LogP contribution in [-0.4, -0.2) is 40.1 Å². The van der Waals surface area contributed by atoms with Crippen LogP contribution in [0.1, 0.15) is 19.8 Å². The molecule has 0 bridgehead atoms. The summed E-state index contributed by atoms with van der Waals surface area (Å²) in [6.45, 7) is 2.77. The Morgan fingerprint density at radius 3 is 1.79 bits per heavy atom. The Hall–Kier alpha value is -3.61. The number of fused-ring (bicyclic) bond motifs is 6. The van der Waals surface area contributed by atoms with Crippen LogP contribution in [0.2, 0.25) is 0 Å². The van der Waals surface area contributed by atoms with Crippen LogP contribution in [0, 0.1) is 0 Å². The third-order valence-corrected chi connectivity index (χ3v) is 6.10. The summed E-state index contributed by atoms with van der Waals surface area (Å²) < 4.78 is 30.0. The van der Waals surface area contributed by atoms with Gasteiger partial charge in [-0.2, -0.15) is 0 Å². The van der Waals surface area contributed by atoms with E-state index in [1.165, 1.54) is 0 Å². The molecule has 0 saturated heterocycles. The van der Waals surface area contributed by atoms with E-state index in [2.05, 4.69) is 6.92 Å². The number of rotatable bonds is 8. The van der Waals surface area contributed by atoms with Gasteiger partial charge in [-0.25, -0.2) is 0 Å². The molecular weight excluding hydrogens is 422 g/mol. The van der Waals surface area contributed by atoms with Gasteiger partial charge < -0.3 is 28.3 Å². The standard InChI is InChI=1S/C26H29NO6/c1-7-8-10-27-11-9-15-16-14-21(31-4)24(32-5)25(33-6)22(16)17-12-19(29-2)20(30-3)13-18(17)23(15)26(27)28/h9,11-14H,7-8,10H2,1-6H3. The molecule has 7 nitrogen and oxygen atoms in total. The molecule has 0 radical (unpaired) electrons. The van der Waals surface area contributed by atoms with Crippen molar-refractivity contribution in [3.63, 3.8) is 0 Å². The van der Waals surface area contributed by atoms with Crippen LogP contribution < -0.4 is 29.2 Å². The fraction of sp³-hybridized carbons (Fsp3) is 0.346. The van der Waals surface area contributed by atoms with Gasteiger partial charge in [0.2, 0.25) is 5.75 Å². The van der Waals surface area contributed by atoms with E-state index >= 15 is 0 Å². The van der Waals surface area contributed by atoms with Gasteiger partial charge in [-0.05, 0) is 52.2 Å². The van der Waals surface area contributed by atoms with Crippen LogP contribution in [0.15, 0.2) is 35.3 Å².